The summed E-state index contributed by atoms with van der Waals surface area (Å²) >= 11 is 0. The summed E-state index contributed by atoms with van der Waals surface area (Å²) in [6, 6.07) is 9.31. The van der Waals surface area contributed by atoms with Gasteiger partial charge in [-0.2, -0.15) is 0 Å². The van der Waals surface area contributed by atoms with Crippen LogP contribution in [0.5, 0.6) is 0 Å². The number of rotatable bonds is 6. The summed E-state index contributed by atoms with van der Waals surface area (Å²) in [6.07, 6.45) is 4.01. The van der Waals surface area contributed by atoms with Crippen molar-refractivity contribution in [3.63, 3.8) is 0 Å². The molecule has 0 spiro atoms. The number of amides is 2. The maximum absolute atomic E-state index is 12.2. The summed E-state index contributed by atoms with van der Waals surface area (Å²) in [6.45, 7) is 3.58. The number of ether oxygens (including phenoxy) is 1. The predicted octanol–water partition coefficient (Wildman–Crippen LogP) is 1.80. The number of nitrogens with one attached hydrogen (secondary N) is 2. The second-order valence-electron chi connectivity index (χ2n) is 5.69. The summed E-state index contributed by atoms with van der Waals surface area (Å²) in [4.78, 5) is 32.1. The molecular formula is C17H20N4O3. The molecule has 0 aliphatic rings. The van der Waals surface area contributed by atoms with Crippen LogP contribution in [0.4, 0.5) is 4.79 Å². The Kier molecular flexibility index (Phi) is 5.83. The van der Waals surface area contributed by atoms with Crippen LogP contribution in [-0.4, -0.2) is 27.5 Å². The minimum Gasteiger partial charge on any atom is -0.445 e. The number of hydrogen-bond acceptors (Lipinski definition) is 5. The fourth-order valence-corrected chi connectivity index (χ4v) is 1.88. The number of alkyl carbamates (subject to hydrolysis) is 1. The molecule has 2 amide bonds. The van der Waals surface area contributed by atoms with E-state index in [0.29, 0.717) is 5.69 Å². The van der Waals surface area contributed by atoms with Gasteiger partial charge in [-0.25, -0.2) is 4.79 Å². The molecule has 1 heterocycles. The summed E-state index contributed by atoms with van der Waals surface area (Å²) in [5, 5.41) is 5.26. The lowest BCUT2D eigenvalue weighted by molar-refractivity contribution is -0.126. The molecule has 0 fully saturated rings. The highest BCUT2D eigenvalue weighted by molar-refractivity contribution is 5.89. The van der Waals surface area contributed by atoms with Gasteiger partial charge in [-0.3, -0.25) is 14.8 Å². The topological polar surface area (TPSA) is 93.2 Å². The van der Waals surface area contributed by atoms with E-state index in [1.54, 1.807) is 32.4 Å². The van der Waals surface area contributed by atoms with Crippen molar-refractivity contribution in [2.45, 2.75) is 32.5 Å². The Balaban J connectivity index is 1.80. The van der Waals surface area contributed by atoms with E-state index in [1.165, 1.54) is 0 Å². The van der Waals surface area contributed by atoms with Crippen LogP contribution < -0.4 is 10.6 Å². The largest absolute Gasteiger partial charge is 0.445 e. The van der Waals surface area contributed by atoms with Crippen LogP contribution in [0.2, 0.25) is 0 Å². The fourth-order valence-electron chi connectivity index (χ4n) is 1.88. The highest BCUT2D eigenvalue weighted by atomic mass is 16.5. The van der Waals surface area contributed by atoms with Crippen molar-refractivity contribution in [2.75, 3.05) is 0 Å². The van der Waals surface area contributed by atoms with E-state index in [0.717, 1.165) is 5.56 Å². The molecule has 1 aromatic carbocycles. The summed E-state index contributed by atoms with van der Waals surface area (Å²) in [7, 11) is 0. The molecule has 0 radical (unpaired) electrons. The average Bonchev–Trinajstić information content (AvgIpc) is 2.59. The molecular weight excluding hydrogens is 308 g/mol. The lowest BCUT2D eigenvalue weighted by atomic mass is 10.1. The van der Waals surface area contributed by atoms with Gasteiger partial charge in [0.25, 0.3) is 0 Å². The normalized spacial score (nSPS) is 10.8. The van der Waals surface area contributed by atoms with Crippen LogP contribution in [0.3, 0.4) is 0 Å². The average molecular weight is 328 g/mol. The monoisotopic (exact) mass is 328 g/mol. The molecule has 7 heteroatoms. The first-order valence-corrected chi connectivity index (χ1v) is 7.49. The lowest BCUT2D eigenvalue weighted by Gasteiger charge is -2.24. The molecule has 2 N–H and O–H groups in total. The van der Waals surface area contributed by atoms with Gasteiger partial charge in [0.05, 0.1) is 18.4 Å². The SMILES string of the molecule is CC(C)(NC(=O)OCc1ccccc1)C(=O)NCc1cnccn1. The Morgan fingerprint density at radius 2 is 1.92 bits per heavy atom. The third kappa shape index (κ3) is 5.35. The van der Waals surface area contributed by atoms with Crippen molar-refractivity contribution < 1.29 is 14.3 Å². The number of hydrogen-bond donors (Lipinski definition) is 2. The second kappa shape index (κ2) is 8.05. The van der Waals surface area contributed by atoms with Crippen molar-refractivity contribution in [1.29, 1.82) is 0 Å². The molecule has 2 rings (SSSR count). The van der Waals surface area contributed by atoms with Crippen LogP contribution in [0, 0.1) is 0 Å². The standard InChI is InChI=1S/C17H20N4O3/c1-17(2,15(22)20-11-14-10-18-8-9-19-14)21-16(23)24-12-13-6-4-3-5-7-13/h3-10H,11-12H2,1-2H3,(H,20,22)(H,21,23). The van der Waals surface area contributed by atoms with Crippen molar-refractivity contribution >= 4 is 12.0 Å². The Morgan fingerprint density at radius 3 is 2.58 bits per heavy atom. The fraction of sp³-hybridized carbons (Fsp3) is 0.294. The van der Waals surface area contributed by atoms with Crippen LogP contribution in [0.1, 0.15) is 25.1 Å². The zero-order valence-electron chi connectivity index (χ0n) is 13.7. The Hall–Kier alpha value is -2.96. The number of carbonyl (C=O) groups excluding carboxylic acids is 2. The first-order chi connectivity index (χ1) is 11.5. The molecule has 126 valence electrons. The van der Waals surface area contributed by atoms with E-state index < -0.39 is 11.6 Å². The van der Waals surface area contributed by atoms with Crippen molar-refractivity contribution in [3.05, 3.63) is 60.2 Å². The minimum absolute atomic E-state index is 0.143. The highest BCUT2D eigenvalue weighted by Gasteiger charge is 2.30. The van der Waals surface area contributed by atoms with Crippen LogP contribution >= 0.6 is 0 Å². The first kappa shape index (κ1) is 17.4. The summed E-state index contributed by atoms with van der Waals surface area (Å²) < 4.78 is 5.12. The van der Waals surface area contributed by atoms with Gasteiger partial charge in [0.1, 0.15) is 12.1 Å². The number of nitrogens with zero attached hydrogens (tertiary/aromatic N) is 2. The van der Waals surface area contributed by atoms with Crippen LogP contribution in [-0.2, 0) is 22.7 Å². The lowest BCUT2D eigenvalue weighted by Crippen LogP contribution is -2.54. The second-order valence-corrected chi connectivity index (χ2v) is 5.69. The molecule has 0 saturated heterocycles. The van der Waals surface area contributed by atoms with E-state index in [2.05, 4.69) is 20.6 Å². The predicted molar refractivity (Wildman–Crippen MR) is 87.7 cm³/mol. The zero-order chi connectivity index (χ0) is 17.4. The molecule has 0 aliphatic heterocycles. The van der Waals surface area contributed by atoms with Gasteiger partial charge >= 0.3 is 6.09 Å². The maximum atomic E-state index is 12.2. The van der Waals surface area contributed by atoms with E-state index in [9.17, 15) is 9.59 Å². The maximum Gasteiger partial charge on any atom is 0.408 e. The van der Waals surface area contributed by atoms with Crippen molar-refractivity contribution in [3.8, 4) is 0 Å². The van der Waals surface area contributed by atoms with Gasteiger partial charge in [-0.05, 0) is 19.4 Å². The minimum atomic E-state index is -1.12. The molecule has 1 aromatic heterocycles. The third-order valence-electron chi connectivity index (χ3n) is 3.24. The number of carbonyl (C=O) groups is 2. The van der Waals surface area contributed by atoms with Gasteiger partial charge < -0.3 is 15.4 Å². The first-order valence-electron chi connectivity index (χ1n) is 7.49. The van der Waals surface area contributed by atoms with Crippen molar-refractivity contribution in [1.82, 2.24) is 20.6 Å². The van der Waals surface area contributed by atoms with E-state index >= 15 is 0 Å². The Labute approximate surface area is 140 Å². The molecule has 0 bridgehead atoms. The zero-order valence-corrected chi connectivity index (χ0v) is 13.7. The summed E-state index contributed by atoms with van der Waals surface area (Å²) in [5.74, 6) is -0.343. The Bertz CT molecular complexity index is 675. The van der Waals surface area contributed by atoms with Gasteiger partial charge in [-0.1, -0.05) is 30.3 Å². The molecule has 2 aromatic rings. The van der Waals surface area contributed by atoms with E-state index in [4.69, 9.17) is 4.74 Å². The van der Waals surface area contributed by atoms with Gasteiger partial charge in [0.2, 0.25) is 5.91 Å². The van der Waals surface area contributed by atoms with Crippen LogP contribution in [0.15, 0.2) is 48.9 Å². The molecule has 0 aliphatic carbocycles. The molecule has 0 saturated carbocycles. The third-order valence-corrected chi connectivity index (χ3v) is 3.24. The van der Waals surface area contributed by atoms with E-state index in [-0.39, 0.29) is 19.1 Å². The molecule has 0 atom stereocenters. The molecule has 7 nitrogen and oxygen atoms in total. The Morgan fingerprint density at radius 1 is 1.17 bits per heavy atom. The van der Waals surface area contributed by atoms with E-state index in [1.807, 2.05) is 30.3 Å². The number of benzene rings is 1. The highest BCUT2D eigenvalue weighted by Crippen LogP contribution is 2.06. The summed E-state index contributed by atoms with van der Waals surface area (Å²) in [5.41, 5.74) is 0.390. The smallest absolute Gasteiger partial charge is 0.408 e. The van der Waals surface area contributed by atoms with Gasteiger partial charge in [0, 0.05) is 12.4 Å². The van der Waals surface area contributed by atoms with Crippen LogP contribution in [0.25, 0.3) is 0 Å². The molecule has 24 heavy (non-hydrogen) atoms. The quantitative estimate of drug-likeness (QED) is 0.843. The van der Waals surface area contributed by atoms with Gasteiger partial charge in [-0.15, -0.1) is 0 Å². The molecule has 0 unspecified atom stereocenters. The number of aromatic nitrogens is 2. The van der Waals surface area contributed by atoms with Crippen molar-refractivity contribution in [2.24, 2.45) is 0 Å². The van der Waals surface area contributed by atoms with Gasteiger partial charge in [0.15, 0.2) is 0 Å².